The number of benzene rings is 1. The summed E-state index contributed by atoms with van der Waals surface area (Å²) < 4.78 is 0. The molecule has 0 saturated carbocycles. The van der Waals surface area contributed by atoms with Gasteiger partial charge in [0.2, 0.25) is 5.91 Å². The fourth-order valence-corrected chi connectivity index (χ4v) is 4.16. The number of aliphatic carboxylic acids is 1. The van der Waals surface area contributed by atoms with Crippen LogP contribution in [0.15, 0.2) is 35.2 Å². The van der Waals surface area contributed by atoms with Crippen LogP contribution in [0, 0.1) is 0 Å². The lowest BCUT2D eigenvalue weighted by Gasteiger charge is -2.24. The Morgan fingerprint density at radius 2 is 2.10 bits per heavy atom. The van der Waals surface area contributed by atoms with Crippen molar-refractivity contribution in [3.63, 3.8) is 0 Å². The van der Waals surface area contributed by atoms with Gasteiger partial charge in [0.25, 0.3) is 0 Å². The molecule has 20 heavy (non-hydrogen) atoms. The summed E-state index contributed by atoms with van der Waals surface area (Å²) in [6.07, 6.45) is 0.369. The third-order valence-electron chi connectivity index (χ3n) is 3.12. The van der Waals surface area contributed by atoms with Crippen LogP contribution in [-0.2, 0) is 9.59 Å². The lowest BCUT2D eigenvalue weighted by atomic mass is 10.2. The van der Waals surface area contributed by atoms with E-state index >= 15 is 0 Å². The van der Waals surface area contributed by atoms with Gasteiger partial charge in [-0.15, -0.1) is 23.5 Å². The normalized spacial score (nSPS) is 21.9. The number of hydrogen-bond donors (Lipinski definition) is 1. The SMILES string of the molecule is CC1SCC(C(=O)O)N1C(=O)CCSc1ccccc1. The third kappa shape index (κ3) is 3.70. The minimum absolute atomic E-state index is 0.0506. The first-order valence-corrected chi connectivity index (χ1v) is 8.46. The van der Waals surface area contributed by atoms with Gasteiger partial charge < -0.3 is 10.0 Å². The van der Waals surface area contributed by atoms with Crippen molar-refractivity contribution in [3.8, 4) is 0 Å². The van der Waals surface area contributed by atoms with Crippen molar-refractivity contribution in [3.05, 3.63) is 30.3 Å². The van der Waals surface area contributed by atoms with Gasteiger partial charge in [0.05, 0.1) is 5.37 Å². The van der Waals surface area contributed by atoms with Crippen LogP contribution in [-0.4, -0.2) is 44.8 Å². The van der Waals surface area contributed by atoms with Crippen LogP contribution in [0.4, 0.5) is 0 Å². The molecular weight excluding hydrogens is 294 g/mol. The first-order chi connectivity index (χ1) is 9.59. The third-order valence-corrected chi connectivity index (χ3v) is 5.36. The number of rotatable bonds is 5. The van der Waals surface area contributed by atoms with Crippen molar-refractivity contribution < 1.29 is 14.7 Å². The van der Waals surface area contributed by atoms with E-state index in [2.05, 4.69) is 0 Å². The lowest BCUT2D eigenvalue weighted by molar-refractivity contribution is -0.148. The highest BCUT2D eigenvalue weighted by molar-refractivity contribution is 8.00. The predicted molar refractivity (Wildman–Crippen MR) is 82.0 cm³/mol. The Kier molecular flexibility index (Phi) is 5.37. The highest BCUT2D eigenvalue weighted by Gasteiger charge is 2.38. The smallest absolute Gasteiger partial charge is 0.327 e. The van der Waals surface area contributed by atoms with E-state index < -0.39 is 12.0 Å². The second-order valence-electron chi connectivity index (χ2n) is 4.50. The van der Waals surface area contributed by atoms with Gasteiger partial charge in [-0.2, -0.15) is 0 Å². The second-order valence-corrected chi connectivity index (χ2v) is 7.02. The van der Waals surface area contributed by atoms with E-state index in [0.717, 1.165) is 4.90 Å². The van der Waals surface area contributed by atoms with E-state index in [9.17, 15) is 9.59 Å². The van der Waals surface area contributed by atoms with Crippen molar-refractivity contribution in [2.45, 2.75) is 29.7 Å². The molecule has 0 aromatic heterocycles. The lowest BCUT2D eigenvalue weighted by Crippen LogP contribution is -2.44. The Morgan fingerprint density at radius 1 is 1.40 bits per heavy atom. The molecule has 4 nitrogen and oxygen atoms in total. The fraction of sp³-hybridized carbons (Fsp3) is 0.429. The molecular formula is C14H17NO3S2. The molecule has 2 atom stereocenters. The van der Waals surface area contributed by atoms with Crippen LogP contribution < -0.4 is 0 Å². The minimum atomic E-state index is -0.911. The summed E-state index contributed by atoms with van der Waals surface area (Å²) in [7, 11) is 0. The molecule has 0 spiro atoms. The molecule has 1 fully saturated rings. The summed E-state index contributed by atoms with van der Waals surface area (Å²) in [6, 6.07) is 9.21. The van der Waals surface area contributed by atoms with Crippen molar-refractivity contribution >= 4 is 35.4 Å². The molecule has 0 aliphatic carbocycles. The number of nitrogens with zero attached hydrogens (tertiary/aromatic N) is 1. The van der Waals surface area contributed by atoms with Crippen molar-refractivity contribution in [1.82, 2.24) is 4.90 Å². The molecule has 6 heteroatoms. The Hall–Kier alpha value is -1.14. The summed E-state index contributed by atoms with van der Waals surface area (Å²) in [5.74, 6) is 0.168. The molecule has 1 saturated heterocycles. The molecule has 1 aliphatic rings. The van der Waals surface area contributed by atoms with Crippen LogP contribution in [0.1, 0.15) is 13.3 Å². The van der Waals surface area contributed by atoms with E-state index in [1.54, 1.807) is 11.8 Å². The zero-order valence-corrected chi connectivity index (χ0v) is 12.8. The van der Waals surface area contributed by atoms with Crippen LogP contribution in [0.2, 0.25) is 0 Å². The summed E-state index contributed by atoms with van der Waals surface area (Å²) in [5.41, 5.74) is 0. The number of carbonyl (C=O) groups excluding carboxylic acids is 1. The molecule has 2 rings (SSSR count). The van der Waals surface area contributed by atoms with Crippen LogP contribution in [0.5, 0.6) is 0 Å². The largest absolute Gasteiger partial charge is 0.480 e. The number of carboxylic acids is 1. The average molecular weight is 311 g/mol. The number of carboxylic acid groups (broad SMARTS) is 1. The van der Waals surface area contributed by atoms with E-state index in [0.29, 0.717) is 17.9 Å². The predicted octanol–water partition coefficient (Wildman–Crippen LogP) is 2.54. The first kappa shape index (κ1) is 15.3. The van der Waals surface area contributed by atoms with Crippen LogP contribution >= 0.6 is 23.5 Å². The quantitative estimate of drug-likeness (QED) is 0.847. The van der Waals surface area contributed by atoms with Gasteiger partial charge in [0, 0.05) is 22.8 Å². The summed E-state index contributed by atoms with van der Waals surface area (Å²) in [5, 5.41) is 9.09. The summed E-state index contributed by atoms with van der Waals surface area (Å²) in [6.45, 7) is 1.88. The van der Waals surface area contributed by atoms with Gasteiger partial charge in [0.15, 0.2) is 0 Å². The number of amides is 1. The van der Waals surface area contributed by atoms with Gasteiger partial charge in [-0.1, -0.05) is 18.2 Å². The van der Waals surface area contributed by atoms with Gasteiger partial charge in [0.1, 0.15) is 6.04 Å². The van der Waals surface area contributed by atoms with Crippen LogP contribution in [0.3, 0.4) is 0 Å². The highest BCUT2D eigenvalue weighted by Crippen LogP contribution is 2.30. The van der Waals surface area contributed by atoms with E-state index in [1.807, 2.05) is 37.3 Å². The van der Waals surface area contributed by atoms with Crippen molar-refractivity contribution in [1.29, 1.82) is 0 Å². The van der Waals surface area contributed by atoms with Crippen molar-refractivity contribution in [2.24, 2.45) is 0 Å². The molecule has 1 N–H and O–H groups in total. The maximum Gasteiger partial charge on any atom is 0.327 e. The molecule has 0 bridgehead atoms. The van der Waals surface area contributed by atoms with Gasteiger partial charge in [-0.25, -0.2) is 4.79 Å². The monoisotopic (exact) mass is 311 g/mol. The standard InChI is InChI=1S/C14H17NO3S2/c1-10-15(12(9-20-10)14(17)18)13(16)7-8-19-11-5-3-2-4-6-11/h2-6,10,12H,7-9H2,1H3,(H,17,18). The Balaban J connectivity index is 1.86. The first-order valence-electron chi connectivity index (χ1n) is 6.43. The maximum absolute atomic E-state index is 12.2. The summed E-state index contributed by atoms with van der Waals surface area (Å²) in [4.78, 5) is 26.0. The molecule has 1 aromatic carbocycles. The topological polar surface area (TPSA) is 57.6 Å². The molecule has 108 valence electrons. The fourth-order valence-electron chi connectivity index (χ4n) is 2.11. The van der Waals surface area contributed by atoms with Crippen molar-refractivity contribution in [2.75, 3.05) is 11.5 Å². The molecule has 0 radical (unpaired) electrons. The minimum Gasteiger partial charge on any atom is -0.480 e. The van der Waals surface area contributed by atoms with Gasteiger partial charge in [-0.05, 0) is 19.1 Å². The van der Waals surface area contributed by atoms with Crippen LogP contribution in [0.25, 0.3) is 0 Å². The number of thioether (sulfide) groups is 2. The molecule has 1 aliphatic heterocycles. The molecule has 1 amide bonds. The number of carbonyl (C=O) groups is 2. The van der Waals surface area contributed by atoms with Gasteiger partial charge in [-0.3, -0.25) is 4.79 Å². The molecule has 1 heterocycles. The Morgan fingerprint density at radius 3 is 2.75 bits per heavy atom. The van der Waals surface area contributed by atoms with E-state index in [1.165, 1.54) is 16.7 Å². The maximum atomic E-state index is 12.2. The highest BCUT2D eigenvalue weighted by atomic mass is 32.2. The zero-order valence-electron chi connectivity index (χ0n) is 11.2. The number of hydrogen-bond acceptors (Lipinski definition) is 4. The van der Waals surface area contributed by atoms with E-state index in [4.69, 9.17) is 5.11 Å². The van der Waals surface area contributed by atoms with Gasteiger partial charge >= 0.3 is 5.97 Å². The van der Waals surface area contributed by atoms with E-state index in [-0.39, 0.29) is 11.3 Å². The molecule has 1 aromatic rings. The second kappa shape index (κ2) is 7.04. The average Bonchev–Trinajstić information content (AvgIpc) is 2.82. The zero-order chi connectivity index (χ0) is 14.5. The Bertz CT molecular complexity index is 481. The Labute approximate surface area is 126 Å². The molecule has 2 unspecified atom stereocenters. The summed E-state index contributed by atoms with van der Waals surface area (Å²) >= 11 is 3.13.